The van der Waals surface area contributed by atoms with Crippen molar-refractivity contribution < 1.29 is 45.7 Å². The highest BCUT2D eigenvalue weighted by Gasteiger charge is 2.46. The van der Waals surface area contributed by atoms with Crippen LogP contribution in [0.3, 0.4) is 0 Å². The van der Waals surface area contributed by atoms with Gasteiger partial charge in [-0.2, -0.15) is 22.0 Å². The molecule has 0 rings (SSSR count). The predicted octanol–water partition coefficient (Wildman–Crippen LogP) is 3.25. The Bertz CT molecular complexity index is 374. The Hall–Kier alpha value is -2.00. The zero-order valence-electron chi connectivity index (χ0n) is 10.1. The zero-order valence-corrected chi connectivity index (χ0v) is 10.1. The molecular weight excluding hydrogens is 298 g/mol. The molecule has 0 aromatic heterocycles. The number of hydrogen-bond donors (Lipinski definition) is 0. The van der Waals surface area contributed by atoms with Crippen molar-refractivity contribution in [2.75, 3.05) is 0 Å². The molecule has 0 N–H and O–H groups in total. The normalized spacial score (nSPS) is 10.8. The number of hydrogen-bond acceptors (Lipinski definition) is 4. The zero-order chi connectivity index (χ0) is 16.6. The number of esters is 1. The summed E-state index contributed by atoms with van der Waals surface area (Å²) in [6.45, 7) is 6.91. The first-order valence-electron chi connectivity index (χ1n) is 4.63. The first-order valence-corrected chi connectivity index (χ1v) is 4.63. The van der Waals surface area contributed by atoms with Crippen molar-refractivity contribution in [3.8, 4) is 0 Å². The highest BCUT2D eigenvalue weighted by atomic mass is 19.4. The molecular formula is C10H10F6O4. The molecule has 116 valence electrons. The lowest BCUT2D eigenvalue weighted by Crippen LogP contribution is -2.31. The van der Waals surface area contributed by atoms with E-state index >= 15 is 0 Å². The van der Waals surface area contributed by atoms with Gasteiger partial charge in [0.05, 0.1) is 0 Å². The van der Waals surface area contributed by atoms with E-state index in [1.807, 2.05) is 0 Å². The lowest BCUT2D eigenvalue weighted by Gasteiger charge is -2.17. The second-order valence-corrected chi connectivity index (χ2v) is 3.20. The molecule has 0 aromatic carbocycles. The van der Waals surface area contributed by atoms with Gasteiger partial charge in [-0.3, -0.25) is 4.94 Å². The maximum atomic E-state index is 12.3. The third-order valence-corrected chi connectivity index (χ3v) is 1.24. The van der Waals surface area contributed by atoms with Crippen LogP contribution in [0.15, 0.2) is 24.8 Å². The molecule has 0 aliphatic rings. The quantitative estimate of drug-likeness (QED) is 0.454. The van der Waals surface area contributed by atoms with Crippen molar-refractivity contribution in [3.05, 3.63) is 24.8 Å². The van der Waals surface area contributed by atoms with Crippen LogP contribution in [0.2, 0.25) is 0 Å². The molecule has 0 unspecified atom stereocenters. The molecule has 0 bridgehead atoms. The minimum atomic E-state index is -5.10. The lowest BCUT2D eigenvalue weighted by atomic mass is 10.3. The molecule has 0 atom stereocenters. The Kier molecular flexibility index (Phi) is 8.36. The number of carbonyl (C=O) groups is 2. The van der Waals surface area contributed by atoms with Crippen molar-refractivity contribution in [1.29, 1.82) is 0 Å². The van der Waals surface area contributed by atoms with Crippen molar-refractivity contribution >= 4 is 11.9 Å². The Balaban J connectivity index is 0. The molecule has 0 saturated heterocycles. The van der Waals surface area contributed by atoms with E-state index in [1.165, 1.54) is 0 Å². The van der Waals surface area contributed by atoms with Crippen LogP contribution in [0.25, 0.3) is 0 Å². The van der Waals surface area contributed by atoms with Gasteiger partial charge in [0.15, 0.2) is 0 Å². The van der Waals surface area contributed by atoms with Gasteiger partial charge in [0, 0.05) is 16.2 Å². The molecule has 0 aromatic rings. The third kappa shape index (κ3) is 12.5. The van der Waals surface area contributed by atoms with Gasteiger partial charge >= 0.3 is 24.2 Å². The highest BCUT2D eigenvalue weighted by molar-refractivity contribution is 5.87. The van der Waals surface area contributed by atoms with Crippen molar-refractivity contribution in [1.82, 2.24) is 0 Å². The summed E-state index contributed by atoms with van der Waals surface area (Å²) in [4.78, 5) is 22.6. The number of alkyl halides is 5. The lowest BCUT2D eigenvalue weighted by molar-refractivity contribution is -0.278. The van der Waals surface area contributed by atoms with Gasteiger partial charge in [-0.25, -0.2) is 9.59 Å². The van der Waals surface area contributed by atoms with Gasteiger partial charge in [-0.15, -0.1) is 0 Å². The minimum absolute atomic E-state index is 0.396. The van der Waals surface area contributed by atoms with Crippen LogP contribution < -0.4 is 0 Å². The second kappa shape index (κ2) is 8.23. The second-order valence-electron chi connectivity index (χ2n) is 3.20. The number of halogens is 6. The van der Waals surface area contributed by atoms with Gasteiger partial charge < -0.3 is 4.74 Å². The summed E-state index contributed by atoms with van der Waals surface area (Å²) in [6.07, 6.45) is -11.4. The fraction of sp³-hybridized carbons (Fsp3) is 0.400. The summed E-state index contributed by atoms with van der Waals surface area (Å²) in [5.41, 5.74) is -0.396. The van der Waals surface area contributed by atoms with Crippen molar-refractivity contribution in [3.63, 3.8) is 0 Å². The third-order valence-electron chi connectivity index (χ3n) is 1.24. The van der Waals surface area contributed by atoms with Crippen molar-refractivity contribution in [2.24, 2.45) is 0 Å². The van der Waals surface area contributed by atoms with Gasteiger partial charge in [0.2, 0.25) is 0 Å². The Morgan fingerprint density at radius 1 is 1.20 bits per heavy atom. The summed E-state index contributed by atoms with van der Waals surface area (Å²) in [5, 5.41) is 0. The largest absolute Gasteiger partial charge is 0.408 e. The predicted molar refractivity (Wildman–Crippen MR) is 53.9 cm³/mol. The van der Waals surface area contributed by atoms with Crippen LogP contribution >= 0.6 is 0 Å². The summed E-state index contributed by atoms with van der Waals surface area (Å²) in [5.74, 6) is -2.62. The smallest absolute Gasteiger partial charge is 0.397 e. The molecule has 0 spiro atoms. The van der Waals surface area contributed by atoms with Crippen LogP contribution in [-0.2, 0) is 19.3 Å². The first-order chi connectivity index (χ1) is 8.84. The summed E-state index contributed by atoms with van der Waals surface area (Å²) < 4.78 is 72.9. The van der Waals surface area contributed by atoms with Gasteiger partial charge in [0.1, 0.15) is 6.42 Å². The number of carbonyl (C=O) groups excluding carboxylic acids is 2. The molecule has 0 radical (unpaired) electrons. The molecule has 4 nitrogen and oxygen atoms in total. The Labute approximate surface area is 109 Å². The van der Waals surface area contributed by atoms with E-state index in [1.54, 1.807) is 0 Å². The van der Waals surface area contributed by atoms with Crippen LogP contribution in [-0.4, -0.2) is 24.2 Å². The van der Waals surface area contributed by atoms with E-state index in [0.29, 0.717) is 0 Å². The van der Waals surface area contributed by atoms with Gasteiger partial charge in [-0.1, -0.05) is 13.2 Å². The van der Waals surface area contributed by atoms with Gasteiger partial charge in [0.25, 0.3) is 0 Å². The van der Waals surface area contributed by atoms with E-state index in [9.17, 15) is 36.1 Å². The monoisotopic (exact) mass is 308 g/mol. The summed E-state index contributed by atoms with van der Waals surface area (Å²) in [6, 6.07) is 0. The van der Waals surface area contributed by atoms with Crippen LogP contribution in [0.5, 0.6) is 0 Å². The standard InChI is InChI=1S/C7H7F5O2.C3H3FO2/c1-4(2)5(13)14-7(11,12)3-6(8,9)10;1-2-3(5)6-4/h1,3H2,2H3;2H,1H2. The fourth-order valence-electron chi connectivity index (χ4n) is 0.524. The molecule has 20 heavy (non-hydrogen) atoms. The molecule has 0 aliphatic heterocycles. The fourth-order valence-corrected chi connectivity index (χ4v) is 0.524. The average molecular weight is 308 g/mol. The van der Waals surface area contributed by atoms with E-state index in [-0.39, 0.29) is 0 Å². The maximum absolute atomic E-state index is 12.3. The Morgan fingerprint density at radius 2 is 1.65 bits per heavy atom. The average Bonchev–Trinajstić information content (AvgIpc) is 2.24. The van der Waals surface area contributed by atoms with Crippen LogP contribution in [0.4, 0.5) is 26.5 Å². The van der Waals surface area contributed by atoms with Crippen molar-refractivity contribution in [2.45, 2.75) is 25.6 Å². The topological polar surface area (TPSA) is 52.6 Å². The van der Waals surface area contributed by atoms with Crippen LogP contribution in [0, 0.1) is 0 Å². The van der Waals surface area contributed by atoms with E-state index in [0.717, 1.165) is 13.0 Å². The molecule has 0 saturated carbocycles. The molecule has 0 fully saturated rings. The molecule has 10 heteroatoms. The number of rotatable bonds is 4. The minimum Gasteiger partial charge on any atom is -0.397 e. The van der Waals surface area contributed by atoms with Crippen LogP contribution in [0.1, 0.15) is 13.3 Å². The van der Waals surface area contributed by atoms with E-state index in [2.05, 4.69) is 22.8 Å². The number of ether oxygens (including phenoxy) is 1. The maximum Gasteiger partial charge on any atom is 0.408 e. The highest BCUT2D eigenvalue weighted by Crippen LogP contribution is 2.32. The van der Waals surface area contributed by atoms with E-state index in [4.69, 9.17) is 0 Å². The molecule has 0 aliphatic carbocycles. The van der Waals surface area contributed by atoms with Gasteiger partial charge in [-0.05, 0) is 6.92 Å². The summed E-state index contributed by atoms with van der Waals surface area (Å²) in [7, 11) is 0. The summed E-state index contributed by atoms with van der Waals surface area (Å²) >= 11 is 0. The first kappa shape index (κ1) is 20.3. The molecule has 0 amide bonds. The van der Waals surface area contributed by atoms with E-state index < -0.39 is 36.2 Å². The Morgan fingerprint density at radius 3 is 1.85 bits per heavy atom. The molecule has 0 heterocycles. The SMILES string of the molecule is C=C(C)C(=O)OC(F)(F)CC(F)(F)F.C=CC(=O)OF.